The first-order valence-corrected chi connectivity index (χ1v) is 6.35. The highest BCUT2D eigenvalue weighted by Crippen LogP contribution is 2.33. The molecule has 0 heterocycles. The van der Waals surface area contributed by atoms with Crippen molar-refractivity contribution in [2.45, 2.75) is 54.4 Å². The summed E-state index contributed by atoms with van der Waals surface area (Å²) >= 11 is 1.45. The SMILES string of the molecule is CCSC(=O)C(C)(C)CCC(C)(C)C. The molecule has 14 heavy (non-hydrogen) atoms. The summed E-state index contributed by atoms with van der Waals surface area (Å²) in [5.74, 6) is 0.887. The highest BCUT2D eigenvalue weighted by Gasteiger charge is 2.28. The molecule has 0 aromatic heterocycles. The normalized spacial score (nSPS) is 13.0. The van der Waals surface area contributed by atoms with E-state index in [2.05, 4.69) is 34.6 Å². The maximum Gasteiger partial charge on any atom is 0.194 e. The first-order valence-electron chi connectivity index (χ1n) is 5.36. The van der Waals surface area contributed by atoms with Gasteiger partial charge in [-0.15, -0.1) is 0 Å². The van der Waals surface area contributed by atoms with E-state index in [-0.39, 0.29) is 5.41 Å². The lowest BCUT2D eigenvalue weighted by molar-refractivity contribution is -0.118. The lowest BCUT2D eigenvalue weighted by Crippen LogP contribution is -2.23. The van der Waals surface area contributed by atoms with Gasteiger partial charge < -0.3 is 0 Å². The van der Waals surface area contributed by atoms with Gasteiger partial charge in [0.1, 0.15) is 0 Å². The Bertz CT molecular complexity index is 189. The quantitative estimate of drug-likeness (QED) is 0.703. The Hall–Kier alpha value is 0.0200. The van der Waals surface area contributed by atoms with E-state index in [1.165, 1.54) is 11.8 Å². The van der Waals surface area contributed by atoms with Crippen molar-refractivity contribution in [3.63, 3.8) is 0 Å². The maximum absolute atomic E-state index is 11.7. The third kappa shape index (κ3) is 5.69. The van der Waals surface area contributed by atoms with E-state index in [4.69, 9.17) is 0 Å². The molecule has 0 bridgehead atoms. The zero-order valence-corrected chi connectivity index (χ0v) is 11.3. The van der Waals surface area contributed by atoms with Gasteiger partial charge >= 0.3 is 0 Å². The van der Waals surface area contributed by atoms with Crippen molar-refractivity contribution in [1.82, 2.24) is 0 Å². The first kappa shape index (κ1) is 14.0. The molecule has 0 radical (unpaired) electrons. The Morgan fingerprint density at radius 3 is 1.93 bits per heavy atom. The van der Waals surface area contributed by atoms with Gasteiger partial charge in [0, 0.05) is 5.41 Å². The molecule has 1 nitrogen and oxygen atoms in total. The van der Waals surface area contributed by atoms with Crippen LogP contribution in [0.4, 0.5) is 0 Å². The number of carbonyl (C=O) groups is 1. The summed E-state index contributed by atoms with van der Waals surface area (Å²) in [7, 11) is 0. The van der Waals surface area contributed by atoms with Crippen LogP contribution in [0.2, 0.25) is 0 Å². The summed E-state index contributed by atoms with van der Waals surface area (Å²) in [6, 6.07) is 0. The molecule has 0 N–H and O–H groups in total. The molecule has 0 aromatic rings. The van der Waals surface area contributed by atoms with Crippen LogP contribution in [0.5, 0.6) is 0 Å². The predicted molar refractivity (Wildman–Crippen MR) is 65.6 cm³/mol. The molecule has 0 aromatic carbocycles. The summed E-state index contributed by atoms with van der Waals surface area (Å²) in [4.78, 5) is 11.7. The van der Waals surface area contributed by atoms with Crippen molar-refractivity contribution in [2.24, 2.45) is 10.8 Å². The molecular weight excluding hydrogens is 192 g/mol. The van der Waals surface area contributed by atoms with E-state index in [1.54, 1.807) is 0 Å². The first-order chi connectivity index (χ1) is 6.19. The fourth-order valence-corrected chi connectivity index (χ4v) is 1.87. The second-order valence-electron chi connectivity index (χ2n) is 5.67. The minimum absolute atomic E-state index is 0.159. The van der Waals surface area contributed by atoms with Crippen LogP contribution in [-0.4, -0.2) is 10.9 Å². The minimum Gasteiger partial charge on any atom is -0.287 e. The third-order valence-corrected chi connectivity index (χ3v) is 3.43. The summed E-state index contributed by atoms with van der Waals surface area (Å²) in [6.07, 6.45) is 2.10. The van der Waals surface area contributed by atoms with Gasteiger partial charge in [-0.2, -0.15) is 0 Å². The number of hydrogen-bond donors (Lipinski definition) is 0. The molecule has 0 amide bonds. The van der Waals surface area contributed by atoms with Crippen molar-refractivity contribution < 1.29 is 4.79 Å². The molecule has 0 saturated heterocycles. The van der Waals surface area contributed by atoms with Crippen LogP contribution in [0.1, 0.15) is 54.4 Å². The summed E-state index contributed by atoms with van der Waals surface area (Å²) in [5, 5.41) is 0.337. The summed E-state index contributed by atoms with van der Waals surface area (Å²) in [6.45, 7) is 12.8. The number of rotatable bonds is 4. The topological polar surface area (TPSA) is 17.1 Å². The molecule has 0 spiro atoms. The number of hydrogen-bond acceptors (Lipinski definition) is 2. The van der Waals surface area contributed by atoms with E-state index in [0.717, 1.165) is 18.6 Å². The highest BCUT2D eigenvalue weighted by atomic mass is 32.2. The van der Waals surface area contributed by atoms with Crippen molar-refractivity contribution in [3.8, 4) is 0 Å². The van der Waals surface area contributed by atoms with Gasteiger partial charge in [0.05, 0.1) is 0 Å². The Labute approximate surface area is 93.0 Å². The molecule has 0 rings (SSSR count). The zero-order chi connectivity index (χ0) is 11.4. The average Bonchev–Trinajstić information content (AvgIpc) is 2.00. The zero-order valence-electron chi connectivity index (χ0n) is 10.4. The van der Waals surface area contributed by atoms with E-state index < -0.39 is 0 Å². The van der Waals surface area contributed by atoms with E-state index in [1.807, 2.05) is 6.92 Å². The van der Waals surface area contributed by atoms with Crippen LogP contribution in [0.15, 0.2) is 0 Å². The van der Waals surface area contributed by atoms with Crippen LogP contribution in [0.3, 0.4) is 0 Å². The lowest BCUT2D eigenvalue weighted by atomic mass is 9.81. The van der Waals surface area contributed by atoms with Gasteiger partial charge in [-0.1, -0.05) is 53.3 Å². The Morgan fingerprint density at radius 2 is 1.57 bits per heavy atom. The fourth-order valence-electron chi connectivity index (χ4n) is 1.12. The van der Waals surface area contributed by atoms with Gasteiger partial charge in [-0.3, -0.25) is 4.79 Å². The van der Waals surface area contributed by atoms with Gasteiger partial charge in [0.2, 0.25) is 0 Å². The molecule has 0 unspecified atom stereocenters. The molecule has 0 aliphatic heterocycles. The van der Waals surface area contributed by atoms with Crippen LogP contribution in [0, 0.1) is 10.8 Å². The Morgan fingerprint density at radius 1 is 1.07 bits per heavy atom. The smallest absolute Gasteiger partial charge is 0.194 e. The highest BCUT2D eigenvalue weighted by molar-refractivity contribution is 8.13. The van der Waals surface area contributed by atoms with Crippen LogP contribution >= 0.6 is 11.8 Å². The van der Waals surface area contributed by atoms with Gasteiger partial charge in [-0.25, -0.2) is 0 Å². The second kappa shape index (κ2) is 5.20. The molecule has 84 valence electrons. The van der Waals surface area contributed by atoms with E-state index in [0.29, 0.717) is 10.5 Å². The van der Waals surface area contributed by atoms with Crippen LogP contribution in [-0.2, 0) is 4.79 Å². The molecule has 0 atom stereocenters. The lowest BCUT2D eigenvalue weighted by Gasteiger charge is -2.27. The maximum atomic E-state index is 11.7. The van der Waals surface area contributed by atoms with Crippen molar-refractivity contribution in [3.05, 3.63) is 0 Å². The van der Waals surface area contributed by atoms with Gasteiger partial charge in [-0.05, 0) is 24.0 Å². The minimum atomic E-state index is -0.159. The van der Waals surface area contributed by atoms with E-state index >= 15 is 0 Å². The monoisotopic (exact) mass is 216 g/mol. The molecule has 0 aliphatic carbocycles. The molecule has 0 saturated carbocycles. The van der Waals surface area contributed by atoms with Crippen molar-refractivity contribution in [2.75, 3.05) is 5.75 Å². The average molecular weight is 216 g/mol. The second-order valence-corrected chi connectivity index (χ2v) is 6.90. The van der Waals surface area contributed by atoms with Crippen LogP contribution < -0.4 is 0 Å². The summed E-state index contributed by atoms with van der Waals surface area (Å²) in [5.41, 5.74) is 0.169. The predicted octanol–water partition coefficient (Wildman–Crippen LogP) is 4.12. The third-order valence-electron chi connectivity index (χ3n) is 2.33. The van der Waals surface area contributed by atoms with Gasteiger partial charge in [0.25, 0.3) is 0 Å². The van der Waals surface area contributed by atoms with Gasteiger partial charge in [0.15, 0.2) is 5.12 Å². The Balaban J connectivity index is 4.13. The van der Waals surface area contributed by atoms with Crippen molar-refractivity contribution >= 4 is 16.9 Å². The molecule has 2 heteroatoms. The number of thioether (sulfide) groups is 1. The molecule has 0 aliphatic rings. The Kier molecular flexibility index (Phi) is 5.21. The van der Waals surface area contributed by atoms with Crippen LogP contribution in [0.25, 0.3) is 0 Å². The number of carbonyl (C=O) groups excluding carboxylic acids is 1. The molecular formula is C12H24OS. The molecule has 0 fully saturated rings. The fraction of sp³-hybridized carbons (Fsp3) is 0.917. The van der Waals surface area contributed by atoms with E-state index in [9.17, 15) is 4.79 Å². The summed E-state index contributed by atoms with van der Waals surface area (Å²) < 4.78 is 0. The van der Waals surface area contributed by atoms with Crippen molar-refractivity contribution in [1.29, 1.82) is 0 Å². The standard InChI is InChI=1S/C12H24OS/c1-7-14-10(13)12(5,6)9-8-11(2,3)4/h7-9H2,1-6H3. The largest absolute Gasteiger partial charge is 0.287 e.